The molecule has 0 aliphatic rings. The van der Waals surface area contributed by atoms with Gasteiger partial charge in [0.15, 0.2) is 17.1 Å². The number of hydrogen-bond donors (Lipinski definition) is 1. The molecule has 164 valence electrons. The number of thioether (sulfide) groups is 1. The zero-order chi connectivity index (χ0) is 22.4. The lowest BCUT2D eigenvalue weighted by molar-refractivity contribution is -0.113. The SMILES string of the molecule is CCc1ccc(O[C@@H](C)c2nnc(SCC(=O)Nc3ccc(Br)c(C)c3)n2CC)cc1. The summed E-state index contributed by atoms with van der Waals surface area (Å²) in [5, 5.41) is 12.3. The predicted octanol–water partition coefficient (Wildman–Crippen LogP) is 5.80. The van der Waals surface area contributed by atoms with E-state index in [1.807, 2.05) is 55.7 Å². The van der Waals surface area contributed by atoms with Crippen molar-refractivity contribution in [1.29, 1.82) is 0 Å². The van der Waals surface area contributed by atoms with Crippen molar-refractivity contribution < 1.29 is 9.53 Å². The summed E-state index contributed by atoms with van der Waals surface area (Å²) in [5.74, 6) is 1.71. The average Bonchev–Trinajstić information content (AvgIpc) is 3.18. The second kappa shape index (κ2) is 10.8. The first kappa shape index (κ1) is 23.3. The quantitative estimate of drug-likeness (QED) is 0.374. The van der Waals surface area contributed by atoms with E-state index >= 15 is 0 Å². The molecule has 0 bridgehead atoms. The van der Waals surface area contributed by atoms with Gasteiger partial charge in [0.1, 0.15) is 5.75 Å². The zero-order valence-corrected chi connectivity index (χ0v) is 20.6. The first-order chi connectivity index (χ1) is 14.9. The van der Waals surface area contributed by atoms with Crippen LogP contribution < -0.4 is 10.1 Å². The van der Waals surface area contributed by atoms with E-state index in [1.54, 1.807) is 0 Å². The van der Waals surface area contributed by atoms with Crippen molar-refractivity contribution in [2.45, 2.75) is 51.9 Å². The molecule has 0 radical (unpaired) electrons. The van der Waals surface area contributed by atoms with Gasteiger partial charge in [0, 0.05) is 16.7 Å². The number of nitrogens with one attached hydrogen (secondary N) is 1. The fourth-order valence-corrected chi connectivity index (χ4v) is 4.17. The molecule has 1 N–H and O–H groups in total. The van der Waals surface area contributed by atoms with Crippen LogP contribution in [0.2, 0.25) is 0 Å². The normalized spacial score (nSPS) is 11.9. The van der Waals surface area contributed by atoms with Gasteiger partial charge in [-0.2, -0.15) is 0 Å². The van der Waals surface area contributed by atoms with Crippen molar-refractivity contribution in [3.63, 3.8) is 0 Å². The molecule has 1 heterocycles. The fourth-order valence-electron chi connectivity index (χ4n) is 3.11. The second-order valence-corrected chi connectivity index (χ2v) is 8.94. The molecule has 0 saturated carbocycles. The summed E-state index contributed by atoms with van der Waals surface area (Å²) < 4.78 is 9.07. The summed E-state index contributed by atoms with van der Waals surface area (Å²) in [6.07, 6.45) is 0.740. The molecule has 0 spiro atoms. The van der Waals surface area contributed by atoms with Crippen LogP contribution in [0.1, 0.15) is 43.8 Å². The van der Waals surface area contributed by atoms with Crippen LogP contribution in [0.15, 0.2) is 52.1 Å². The number of anilines is 1. The third-order valence-corrected chi connectivity index (χ3v) is 6.70. The molecular formula is C23H27BrN4O2S. The van der Waals surface area contributed by atoms with Gasteiger partial charge < -0.3 is 14.6 Å². The summed E-state index contributed by atoms with van der Waals surface area (Å²) in [4.78, 5) is 12.4. The van der Waals surface area contributed by atoms with Crippen LogP contribution in [-0.4, -0.2) is 26.4 Å². The summed E-state index contributed by atoms with van der Waals surface area (Å²) in [6, 6.07) is 13.8. The standard InChI is InChI=1S/C23H27BrN4O2S/c1-5-17-7-10-19(11-8-17)30-16(4)22-26-27-23(28(22)6-2)31-14-21(29)25-18-9-12-20(24)15(3)13-18/h7-13,16H,5-6,14H2,1-4H3,(H,25,29)/t16-/m0/s1. The van der Waals surface area contributed by atoms with Gasteiger partial charge in [0.05, 0.1) is 5.75 Å². The number of halogens is 1. The highest BCUT2D eigenvalue weighted by molar-refractivity contribution is 9.10. The highest BCUT2D eigenvalue weighted by atomic mass is 79.9. The predicted molar refractivity (Wildman–Crippen MR) is 129 cm³/mol. The Kier molecular flexibility index (Phi) is 8.15. The summed E-state index contributed by atoms with van der Waals surface area (Å²) in [5.41, 5.74) is 3.12. The molecule has 0 aliphatic carbocycles. The Morgan fingerprint density at radius 1 is 1.19 bits per heavy atom. The molecule has 0 fully saturated rings. The summed E-state index contributed by atoms with van der Waals surface area (Å²) >= 11 is 4.84. The minimum absolute atomic E-state index is 0.0840. The maximum absolute atomic E-state index is 12.4. The van der Waals surface area contributed by atoms with Gasteiger partial charge >= 0.3 is 0 Å². The molecule has 2 aromatic carbocycles. The van der Waals surface area contributed by atoms with Gasteiger partial charge in [0.2, 0.25) is 5.91 Å². The smallest absolute Gasteiger partial charge is 0.234 e. The third-order valence-electron chi connectivity index (χ3n) is 4.84. The van der Waals surface area contributed by atoms with Crippen LogP contribution in [0.3, 0.4) is 0 Å². The lowest BCUT2D eigenvalue weighted by Gasteiger charge is -2.16. The van der Waals surface area contributed by atoms with E-state index in [0.29, 0.717) is 11.7 Å². The molecule has 1 aromatic heterocycles. The van der Waals surface area contributed by atoms with Crippen LogP contribution in [0.4, 0.5) is 5.69 Å². The number of aromatic nitrogens is 3. The molecule has 0 saturated heterocycles. The van der Waals surface area contributed by atoms with Gasteiger partial charge in [-0.05, 0) is 68.7 Å². The topological polar surface area (TPSA) is 69.0 Å². The van der Waals surface area contributed by atoms with Crippen LogP contribution in [0, 0.1) is 6.92 Å². The number of rotatable bonds is 9. The molecule has 3 rings (SSSR count). The Bertz CT molecular complexity index is 1040. The lowest BCUT2D eigenvalue weighted by atomic mass is 10.2. The number of aryl methyl sites for hydroxylation is 2. The number of carbonyl (C=O) groups excluding carboxylic acids is 1. The number of nitrogens with zero attached hydrogens (tertiary/aromatic N) is 3. The monoisotopic (exact) mass is 502 g/mol. The van der Waals surface area contributed by atoms with Crippen LogP contribution in [0.25, 0.3) is 0 Å². The molecule has 0 unspecified atom stereocenters. The number of carbonyl (C=O) groups is 1. The molecular weight excluding hydrogens is 476 g/mol. The van der Waals surface area contributed by atoms with Crippen LogP contribution in [0.5, 0.6) is 5.75 Å². The highest BCUT2D eigenvalue weighted by Crippen LogP contribution is 2.25. The first-order valence-corrected chi connectivity index (χ1v) is 12.1. The third kappa shape index (κ3) is 6.11. The maximum atomic E-state index is 12.4. The van der Waals surface area contributed by atoms with E-state index in [1.165, 1.54) is 17.3 Å². The Morgan fingerprint density at radius 2 is 1.94 bits per heavy atom. The van der Waals surface area contributed by atoms with E-state index < -0.39 is 0 Å². The number of hydrogen-bond acceptors (Lipinski definition) is 5. The van der Waals surface area contributed by atoms with Gasteiger partial charge in [-0.15, -0.1) is 10.2 Å². The van der Waals surface area contributed by atoms with Gasteiger partial charge in [-0.25, -0.2) is 0 Å². The molecule has 1 atom stereocenters. The Hall–Kier alpha value is -2.32. The number of benzene rings is 2. The van der Waals surface area contributed by atoms with Crippen molar-refractivity contribution in [3.8, 4) is 5.75 Å². The maximum Gasteiger partial charge on any atom is 0.234 e. The summed E-state index contributed by atoms with van der Waals surface area (Å²) in [7, 11) is 0. The summed E-state index contributed by atoms with van der Waals surface area (Å²) in [6.45, 7) is 8.80. The molecule has 1 amide bonds. The Balaban J connectivity index is 1.61. The molecule has 31 heavy (non-hydrogen) atoms. The Morgan fingerprint density at radius 3 is 2.58 bits per heavy atom. The average molecular weight is 503 g/mol. The minimum Gasteiger partial charge on any atom is -0.483 e. The number of amides is 1. The van der Waals surface area contributed by atoms with E-state index in [0.717, 1.165) is 33.7 Å². The van der Waals surface area contributed by atoms with E-state index in [9.17, 15) is 4.79 Å². The van der Waals surface area contributed by atoms with E-state index in [-0.39, 0.29) is 17.8 Å². The number of ether oxygens (including phenoxy) is 1. The van der Waals surface area contributed by atoms with Crippen molar-refractivity contribution >= 4 is 39.3 Å². The zero-order valence-electron chi connectivity index (χ0n) is 18.2. The minimum atomic E-state index is -0.256. The van der Waals surface area contributed by atoms with Crippen molar-refractivity contribution in [2.75, 3.05) is 11.1 Å². The molecule has 6 nitrogen and oxygen atoms in total. The first-order valence-electron chi connectivity index (χ1n) is 10.3. The van der Waals surface area contributed by atoms with Crippen molar-refractivity contribution in [2.24, 2.45) is 0 Å². The van der Waals surface area contributed by atoms with E-state index in [2.05, 4.69) is 50.5 Å². The second-order valence-electron chi connectivity index (χ2n) is 7.14. The molecule has 0 aliphatic heterocycles. The van der Waals surface area contributed by atoms with Gasteiger partial charge in [-0.1, -0.05) is 46.7 Å². The molecule has 3 aromatic rings. The van der Waals surface area contributed by atoms with Crippen molar-refractivity contribution in [3.05, 3.63) is 63.9 Å². The molecule has 8 heteroatoms. The van der Waals surface area contributed by atoms with E-state index in [4.69, 9.17) is 4.74 Å². The van der Waals surface area contributed by atoms with Crippen molar-refractivity contribution in [1.82, 2.24) is 14.8 Å². The highest BCUT2D eigenvalue weighted by Gasteiger charge is 2.19. The van der Waals surface area contributed by atoms with Gasteiger partial charge in [0.25, 0.3) is 0 Å². The Labute approximate surface area is 195 Å². The van der Waals surface area contributed by atoms with Crippen LogP contribution in [-0.2, 0) is 17.8 Å². The lowest BCUT2D eigenvalue weighted by Crippen LogP contribution is -2.15. The largest absolute Gasteiger partial charge is 0.483 e. The van der Waals surface area contributed by atoms with Crippen LogP contribution >= 0.6 is 27.7 Å². The van der Waals surface area contributed by atoms with Gasteiger partial charge in [-0.3, -0.25) is 4.79 Å². The fraction of sp³-hybridized carbons (Fsp3) is 0.348.